The van der Waals surface area contributed by atoms with Crippen molar-refractivity contribution >= 4 is 11.5 Å². The molecule has 0 aliphatic rings. The van der Waals surface area contributed by atoms with E-state index in [1.54, 1.807) is 36.2 Å². The van der Waals surface area contributed by atoms with Gasteiger partial charge >= 0.3 is 0 Å². The number of nitrogens with zero attached hydrogens (tertiary/aromatic N) is 2. The van der Waals surface area contributed by atoms with Crippen LogP contribution in [0.1, 0.15) is 11.1 Å². The summed E-state index contributed by atoms with van der Waals surface area (Å²) in [5.41, 5.74) is 2.05. The van der Waals surface area contributed by atoms with Crippen LogP contribution in [-0.4, -0.2) is 19.4 Å². The maximum atomic E-state index is 12.8. The standard InChI is InChI=1S/C17H15FN2O/c1-20(17-5-3-2-4-14(17)11-19)12-16(21)10-13-6-8-15(18)9-7-13/h2-9H,10,12H2,1H3. The zero-order valence-electron chi connectivity index (χ0n) is 11.7. The number of hydrogen-bond acceptors (Lipinski definition) is 3. The second kappa shape index (κ2) is 6.67. The van der Waals surface area contributed by atoms with E-state index in [1.807, 2.05) is 12.1 Å². The Kier molecular flexibility index (Phi) is 4.68. The van der Waals surface area contributed by atoms with Crippen molar-refractivity contribution in [2.75, 3.05) is 18.5 Å². The molecule has 0 N–H and O–H groups in total. The van der Waals surface area contributed by atoms with Gasteiger partial charge in [0.25, 0.3) is 0 Å². The third-order valence-corrected chi connectivity index (χ3v) is 3.16. The maximum absolute atomic E-state index is 12.8. The van der Waals surface area contributed by atoms with E-state index in [-0.39, 0.29) is 24.6 Å². The van der Waals surface area contributed by atoms with Crippen molar-refractivity contribution in [3.8, 4) is 6.07 Å². The minimum atomic E-state index is -0.314. The number of anilines is 1. The van der Waals surface area contributed by atoms with Crippen LogP contribution in [-0.2, 0) is 11.2 Å². The normalized spacial score (nSPS) is 9.95. The summed E-state index contributed by atoms with van der Waals surface area (Å²) in [6.45, 7) is 0.204. The third kappa shape index (κ3) is 3.90. The summed E-state index contributed by atoms with van der Waals surface area (Å²) in [6.07, 6.45) is 0.249. The molecule has 21 heavy (non-hydrogen) atoms. The molecule has 106 valence electrons. The molecular formula is C17H15FN2O. The van der Waals surface area contributed by atoms with Gasteiger partial charge in [-0.3, -0.25) is 4.79 Å². The Morgan fingerprint density at radius 2 is 1.86 bits per heavy atom. The number of para-hydroxylation sites is 1. The van der Waals surface area contributed by atoms with E-state index < -0.39 is 0 Å². The van der Waals surface area contributed by atoms with Crippen molar-refractivity contribution < 1.29 is 9.18 Å². The molecule has 0 saturated heterocycles. The molecule has 2 aromatic rings. The number of hydrogen-bond donors (Lipinski definition) is 0. The van der Waals surface area contributed by atoms with Crippen molar-refractivity contribution in [3.63, 3.8) is 0 Å². The SMILES string of the molecule is CN(CC(=O)Cc1ccc(F)cc1)c1ccccc1C#N. The predicted octanol–water partition coefficient (Wildman–Crippen LogP) is 2.95. The summed E-state index contributed by atoms with van der Waals surface area (Å²) < 4.78 is 12.8. The molecule has 0 saturated carbocycles. The molecular weight excluding hydrogens is 267 g/mol. The molecule has 0 unspecified atom stereocenters. The molecule has 4 heteroatoms. The molecule has 0 amide bonds. The van der Waals surface area contributed by atoms with Gasteiger partial charge in [0.05, 0.1) is 17.8 Å². The highest BCUT2D eigenvalue weighted by Gasteiger charge is 2.11. The number of ketones is 1. The van der Waals surface area contributed by atoms with Crippen LogP contribution in [0.2, 0.25) is 0 Å². The molecule has 0 heterocycles. The molecule has 2 rings (SSSR count). The van der Waals surface area contributed by atoms with Gasteiger partial charge in [0.15, 0.2) is 5.78 Å². The van der Waals surface area contributed by atoms with Crippen molar-refractivity contribution in [3.05, 3.63) is 65.5 Å². The van der Waals surface area contributed by atoms with Gasteiger partial charge in [-0.1, -0.05) is 24.3 Å². The quantitative estimate of drug-likeness (QED) is 0.847. The minimum absolute atomic E-state index is 0.0110. The van der Waals surface area contributed by atoms with Gasteiger partial charge in [-0.15, -0.1) is 0 Å². The van der Waals surface area contributed by atoms with Crippen LogP contribution >= 0.6 is 0 Å². The number of likely N-dealkylation sites (N-methyl/N-ethyl adjacent to an activating group) is 1. The summed E-state index contributed by atoms with van der Waals surface area (Å²) in [5, 5.41) is 9.07. The van der Waals surface area contributed by atoms with Gasteiger partial charge < -0.3 is 4.90 Å². The predicted molar refractivity (Wildman–Crippen MR) is 79.5 cm³/mol. The highest BCUT2D eigenvalue weighted by molar-refractivity contribution is 5.85. The van der Waals surface area contributed by atoms with Gasteiger partial charge in [-0.2, -0.15) is 5.26 Å². The Bertz CT molecular complexity index is 674. The van der Waals surface area contributed by atoms with Gasteiger partial charge in [0.1, 0.15) is 11.9 Å². The van der Waals surface area contributed by atoms with Gasteiger partial charge in [0.2, 0.25) is 0 Å². The Morgan fingerprint density at radius 3 is 2.52 bits per heavy atom. The molecule has 0 bridgehead atoms. The van der Waals surface area contributed by atoms with E-state index in [0.717, 1.165) is 11.3 Å². The Balaban J connectivity index is 2.02. The molecule has 0 aliphatic heterocycles. The lowest BCUT2D eigenvalue weighted by Gasteiger charge is -2.19. The summed E-state index contributed by atoms with van der Waals surface area (Å²) in [6, 6.07) is 15.2. The summed E-state index contributed by atoms with van der Waals surface area (Å²) in [4.78, 5) is 13.8. The molecule has 2 aromatic carbocycles. The van der Waals surface area contributed by atoms with E-state index in [1.165, 1.54) is 12.1 Å². The summed E-state index contributed by atoms with van der Waals surface area (Å²) in [7, 11) is 1.78. The zero-order chi connectivity index (χ0) is 15.2. The van der Waals surface area contributed by atoms with E-state index in [9.17, 15) is 9.18 Å². The zero-order valence-corrected chi connectivity index (χ0v) is 11.7. The Hall–Kier alpha value is -2.67. The highest BCUT2D eigenvalue weighted by Crippen LogP contribution is 2.18. The van der Waals surface area contributed by atoms with E-state index in [2.05, 4.69) is 6.07 Å². The Morgan fingerprint density at radius 1 is 1.19 bits per heavy atom. The monoisotopic (exact) mass is 282 g/mol. The van der Waals surface area contributed by atoms with Gasteiger partial charge in [0, 0.05) is 13.5 Å². The second-order valence-electron chi connectivity index (χ2n) is 4.83. The topological polar surface area (TPSA) is 44.1 Å². The lowest BCUT2D eigenvalue weighted by molar-refractivity contribution is -0.117. The number of nitriles is 1. The van der Waals surface area contributed by atoms with Crippen LogP contribution in [0.15, 0.2) is 48.5 Å². The fourth-order valence-corrected chi connectivity index (χ4v) is 2.14. The van der Waals surface area contributed by atoms with E-state index in [0.29, 0.717) is 5.56 Å². The molecule has 0 aromatic heterocycles. The number of Topliss-reactive ketones (excluding diaryl/α,β-unsaturated/α-hetero) is 1. The second-order valence-corrected chi connectivity index (χ2v) is 4.83. The smallest absolute Gasteiger partial charge is 0.156 e. The first-order chi connectivity index (χ1) is 10.1. The Labute approximate surface area is 123 Å². The van der Waals surface area contributed by atoms with E-state index in [4.69, 9.17) is 5.26 Å². The number of benzene rings is 2. The van der Waals surface area contributed by atoms with Crippen LogP contribution in [0.25, 0.3) is 0 Å². The van der Waals surface area contributed by atoms with Gasteiger partial charge in [-0.25, -0.2) is 4.39 Å². The van der Waals surface area contributed by atoms with Crippen molar-refractivity contribution in [2.24, 2.45) is 0 Å². The van der Waals surface area contributed by atoms with Crippen LogP contribution in [0.4, 0.5) is 10.1 Å². The third-order valence-electron chi connectivity index (χ3n) is 3.16. The van der Waals surface area contributed by atoms with E-state index >= 15 is 0 Å². The average molecular weight is 282 g/mol. The van der Waals surface area contributed by atoms with Crippen molar-refractivity contribution in [1.29, 1.82) is 5.26 Å². The molecule has 0 aliphatic carbocycles. The van der Waals surface area contributed by atoms with Crippen molar-refractivity contribution in [1.82, 2.24) is 0 Å². The summed E-state index contributed by atoms with van der Waals surface area (Å²) >= 11 is 0. The molecule has 0 atom stereocenters. The largest absolute Gasteiger partial charge is 0.366 e. The maximum Gasteiger partial charge on any atom is 0.156 e. The first-order valence-corrected chi connectivity index (χ1v) is 6.56. The van der Waals surface area contributed by atoms with Crippen LogP contribution in [0.5, 0.6) is 0 Å². The minimum Gasteiger partial charge on any atom is -0.366 e. The fraction of sp³-hybridized carbons (Fsp3) is 0.176. The summed E-state index contributed by atoms with van der Waals surface area (Å²) in [5.74, 6) is -0.303. The average Bonchev–Trinajstić information content (AvgIpc) is 2.49. The van der Waals surface area contributed by atoms with Crippen LogP contribution in [0, 0.1) is 17.1 Å². The first-order valence-electron chi connectivity index (χ1n) is 6.56. The lowest BCUT2D eigenvalue weighted by Crippen LogP contribution is -2.27. The fourth-order valence-electron chi connectivity index (χ4n) is 2.14. The molecule has 0 fully saturated rings. The molecule has 0 spiro atoms. The number of carbonyl (C=O) groups excluding carboxylic acids is 1. The number of rotatable bonds is 5. The van der Waals surface area contributed by atoms with Crippen LogP contribution in [0.3, 0.4) is 0 Å². The molecule has 3 nitrogen and oxygen atoms in total. The number of carbonyl (C=O) groups is 1. The van der Waals surface area contributed by atoms with Gasteiger partial charge in [-0.05, 0) is 29.8 Å². The number of halogens is 1. The van der Waals surface area contributed by atoms with Crippen molar-refractivity contribution in [2.45, 2.75) is 6.42 Å². The highest BCUT2D eigenvalue weighted by atomic mass is 19.1. The van der Waals surface area contributed by atoms with Crippen LogP contribution < -0.4 is 4.90 Å². The molecule has 0 radical (unpaired) electrons. The first kappa shape index (κ1) is 14.7. The lowest BCUT2D eigenvalue weighted by atomic mass is 10.1.